The predicted octanol–water partition coefficient (Wildman–Crippen LogP) is 5.48. The Morgan fingerprint density at radius 1 is 1.09 bits per heavy atom. The van der Waals surface area contributed by atoms with Gasteiger partial charge in [-0.05, 0) is 42.3 Å². The van der Waals surface area contributed by atoms with Gasteiger partial charge in [-0.1, -0.05) is 48.5 Å². The van der Waals surface area contributed by atoms with Gasteiger partial charge in [0, 0.05) is 53.6 Å². The highest BCUT2D eigenvalue weighted by Crippen LogP contribution is 2.32. The van der Waals surface area contributed by atoms with E-state index in [4.69, 9.17) is 14.7 Å². The monoisotopic (exact) mass is 638 g/mol. The van der Waals surface area contributed by atoms with E-state index in [-0.39, 0.29) is 0 Å². The molecule has 1 saturated heterocycles. The summed E-state index contributed by atoms with van der Waals surface area (Å²) in [4.78, 5) is 19.5. The maximum Gasteiger partial charge on any atom is 0.320 e. The molecule has 2 amide bonds. The number of hydrogen-bond acceptors (Lipinski definition) is 7. The zero-order chi connectivity index (χ0) is 32.1. The molecule has 45 heavy (non-hydrogen) atoms. The number of halogens is 2. The molecule has 2 heterocycles. The van der Waals surface area contributed by atoms with E-state index in [1.807, 2.05) is 61.5 Å². The summed E-state index contributed by atoms with van der Waals surface area (Å²) < 4.78 is 50.8. The first-order valence-electron chi connectivity index (χ1n) is 14.3. The fraction of sp³-hybridized carbons (Fsp3) is 0.312. The summed E-state index contributed by atoms with van der Waals surface area (Å²) in [5, 5.41) is 12.4. The van der Waals surface area contributed by atoms with Crippen LogP contribution in [-0.4, -0.2) is 70.4 Å². The van der Waals surface area contributed by atoms with Crippen molar-refractivity contribution in [2.75, 3.05) is 44.6 Å². The van der Waals surface area contributed by atoms with Gasteiger partial charge in [0.15, 0.2) is 11.6 Å². The summed E-state index contributed by atoms with van der Waals surface area (Å²) in [7, 11) is -0.641. The molecule has 1 fully saturated rings. The van der Waals surface area contributed by atoms with Gasteiger partial charge in [0.2, 0.25) is 0 Å². The third-order valence-corrected chi connectivity index (χ3v) is 8.05. The molecule has 0 radical (unpaired) electrons. The summed E-state index contributed by atoms with van der Waals surface area (Å²) in [6, 6.07) is 19.5. The summed E-state index contributed by atoms with van der Waals surface area (Å²) in [5.41, 5.74) is 4.29. The Balaban J connectivity index is 1.41. The largest absolute Gasteiger partial charge is 0.383 e. The number of nitrogens with one attached hydrogen (secondary N) is 2. The molecule has 0 aliphatic carbocycles. The number of benzene rings is 3. The lowest BCUT2D eigenvalue weighted by molar-refractivity contribution is -0.154. The second kappa shape index (κ2) is 13.9. The molecular weight excluding hydrogens is 602 g/mol. The van der Waals surface area contributed by atoms with Crippen LogP contribution in [0, 0.1) is 18.6 Å². The number of nitrogens with zero attached hydrogens (tertiary/aromatic N) is 4. The number of anilines is 1. The Morgan fingerprint density at radius 2 is 1.82 bits per heavy atom. The molecule has 238 valence electrons. The summed E-state index contributed by atoms with van der Waals surface area (Å²) in [6.45, 7) is 3.32. The smallest absolute Gasteiger partial charge is 0.320 e. The van der Waals surface area contributed by atoms with Crippen molar-refractivity contribution < 1.29 is 27.4 Å². The van der Waals surface area contributed by atoms with Gasteiger partial charge < -0.3 is 10.1 Å². The first-order valence-corrected chi connectivity index (χ1v) is 16.7. The van der Waals surface area contributed by atoms with Gasteiger partial charge in [-0.25, -0.2) is 22.6 Å². The number of rotatable bonds is 10. The third kappa shape index (κ3) is 7.92. The zero-order valence-corrected chi connectivity index (χ0v) is 26.3. The lowest BCUT2D eigenvalue weighted by atomic mass is 10.0. The van der Waals surface area contributed by atoms with E-state index < -0.39 is 39.5 Å². The second-order valence-corrected chi connectivity index (χ2v) is 13.6. The molecule has 1 aliphatic heterocycles. The van der Waals surface area contributed by atoms with Gasteiger partial charge in [-0.3, -0.25) is 14.4 Å². The van der Waals surface area contributed by atoms with Crippen LogP contribution in [0.2, 0.25) is 0 Å². The fourth-order valence-corrected chi connectivity index (χ4v) is 5.48. The first-order chi connectivity index (χ1) is 21.5. The number of carbonyl (C=O) groups is 1. The van der Waals surface area contributed by atoms with Gasteiger partial charge in [-0.2, -0.15) is 10.2 Å². The molecule has 1 aromatic heterocycles. The van der Waals surface area contributed by atoms with Crippen molar-refractivity contribution in [3.8, 4) is 16.9 Å². The molecule has 3 aromatic carbocycles. The highest BCUT2D eigenvalue weighted by molar-refractivity contribution is 7.92. The molecule has 2 N–H and O–H groups in total. The van der Waals surface area contributed by atoms with E-state index in [2.05, 4.69) is 15.0 Å². The Kier molecular flexibility index (Phi) is 9.93. The van der Waals surface area contributed by atoms with Crippen LogP contribution in [0.1, 0.15) is 22.8 Å². The van der Waals surface area contributed by atoms with E-state index in [0.717, 1.165) is 34.5 Å². The Hall–Kier alpha value is -4.17. The average molecular weight is 639 g/mol. The number of urea groups is 1. The maximum absolute atomic E-state index is 14.1. The maximum atomic E-state index is 14.1. The lowest BCUT2D eigenvalue weighted by Gasteiger charge is -2.20. The van der Waals surface area contributed by atoms with E-state index >= 15 is 0 Å². The number of para-hydroxylation sites is 1. The molecule has 0 unspecified atom stereocenters. The summed E-state index contributed by atoms with van der Waals surface area (Å²) in [5.74, 6) is -1.50. The first kappa shape index (κ1) is 32.2. The zero-order valence-electron chi connectivity index (χ0n) is 25.5. The van der Waals surface area contributed by atoms with Crippen LogP contribution in [-0.2, 0) is 25.8 Å². The Labute approximate surface area is 261 Å². The van der Waals surface area contributed by atoms with Crippen molar-refractivity contribution in [3.05, 3.63) is 101 Å². The second-order valence-electron chi connectivity index (χ2n) is 11.0. The van der Waals surface area contributed by atoms with Gasteiger partial charge in [-0.15, -0.1) is 0 Å². The number of carbonyl (C=O) groups excluding carboxylic acids is 1. The molecular formula is C32H36F2N6O4S. The van der Waals surface area contributed by atoms with Crippen LogP contribution < -0.4 is 10.6 Å². The normalized spacial score (nSPS) is 16.9. The van der Waals surface area contributed by atoms with Crippen LogP contribution in [0.3, 0.4) is 0 Å². The van der Waals surface area contributed by atoms with Gasteiger partial charge >= 0.3 is 6.03 Å². The van der Waals surface area contributed by atoms with E-state index in [1.165, 1.54) is 6.07 Å². The number of hydrogen-bond donors (Lipinski definition) is 2. The SMILES string of the molecule is COCCN1C[C@@H](NC(=O)Nc2c(C)c(-c3ccc(CN=S(C)(C)=O)cc3)nn2-c2ccccc2)[C@H](c2ccc(F)c(F)c2)O1. The molecule has 0 spiro atoms. The topological polar surface area (TPSA) is 110 Å². The number of aromatic nitrogens is 2. The minimum Gasteiger partial charge on any atom is -0.383 e. The lowest BCUT2D eigenvalue weighted by Crippen LogP contribution is -2.42. The molecule has 5 rings (SSSR count). The number of methoxy groups -OCH3 is 1. The van der Waals surface area contributed by atoms with Crippen molar-refractivity contribution in [1.82, 2.24) is 20.2 Å². The van der Waals surface area contributed by atoms with Crippen molar-refractivity contribution in [2.45, 2.75) is 25.6 Å². The average Bonchev–Trinajstić information content (AvgIpc) is 3.57. The van der Waals surface area contributed by atoms with Crippen molar-refractivity contribution >= 4 is 21.6 Å². The highest BCUT2D eigenvalue weighted by Gasteiger charge is 2.37. The molecule has 0 saturated carbocycles. The van der Waals surface area contributed by atoms with Crippen molar-refractivity contribution in [2.24, 2.45) is 4.36 Å². The summed E-state index contributed by atoms with van der Waals surface area (Å²) >= 11 is 0. The van der Waals surface area contributed by atoms with Gasteiger partial charge in [0.25, 0.3) is 0 Å². The van der Waals surface area contributed by atoms with Crippen LogP contribution in [0.4, 0.5) is 19.4 Å². The van der Waals surface area contributed by atoms with Crippen LogP contribution in [0.15, 0.2) is 77.2 Å². The minimum atomic E-state index is -2.21. The Bertz CT molecular complexity index is 1770. The number of ether oxygens (including phenoxy) is 1. The molecule has 13 heteroatoms. The van der Waals surface area contributed by atoms with Gasteiger partial charge in [0.05, 0.1) is 30.6 Å². The summed E-state index contributed by atoms with van der Waals surface area (Å²) in [6.07, 6.45) is 2.45. The third-order valence-electron chi connectivity index (χ3n) is 7.30. The molecule has 0 bridgehead atoms. The van der Waals surface area contributed by atoms with E-state index in [9.17, 15) is 17.8 Å². The molecule has 10 nitrogen and oxygen atoms in total. The van der Waals surface area contributed by atoms with Crippen molar-refractivity contribution in [1.29, 1.82) is 0 Å². The fourth-order valence-electron chi connectivity index (χ4n) is 5.02. The molecule has 2 atom stereocenters. The molecule has 4 aromatic rings. The van der Waals surface area contributed by atoms with Crippen LogP contribution >= 0.6 is 0 Å². The highest BCUT2D eigenvalue weighted by atomic mass is 32.2. The van der Waals surface area contributed by atoms with Crippen LogP contribution in [0.25, 0.3) is 16.9 Å². The van der Waals surface area contributed by atoms with E-state index in [0.29, 0.717) is 43.3 Å². The van der Waals surface area contributed by atoms with Gasteiger partial charge in [0.1, 0.15) is 11.9 Å². The number of amides is 2. The van der Waals surface area contributed by atoms with E-state index in [1.54, 1.807) is 29.4 Å². The van der Waals surface area contributed by atoms with Crippen LogP contribution in [0.5, 0.6) is 0 Å². The number of hydroxylamine groups is 2. The quantitative estimate of drug-likeness (QED) is 0.238. The Morgan fingerprint density at radius 3 is 2.49 bits per heavy atom. The van der Waals surface area contributed by atoms with Crippen molar-refractivity contribution in [3.63, 3.8) is 0 Å². The molecule has 1 aliphatic rings. The minimum absolute atomic E-state index is 0.298. The predicted molar refractivity (Wildman–Crippen MR) is 169 cm³/mol. The standard InChI is InChI=1S/C32H36F2N6O4S/c1-21-29(23-12-10-22(11-13-23)19-35-45(3,4)42)38-40(25-8-6-5-7-9-25)31(21)37-32(41)36-28-20-39(16-17-43-2)44-30(28)24-14-15-26(33)27(34)18-24/h5-15,18,28,30H,16-17,19-20H2,1-4H3,(H2,36,37,41)/t28-,30+/m1/s1.